The molecule has 2 N–H and O–H groups in total. The fourth-order valence-corrected chi connectivity index (χ4v) is 4.59. The number of fused-ring (bicyclic) bond motifs is 1. The molecule has 0 saturated carbocycles. The monoisotopic (exact) mass is 495 g/mol. The normalized spacial score (nSPS) is 15.9. The van der Waals surface area contributed by atoms with Crippen LogP contribution in [0.1, 0.15) is 45.5 Å². The third-order valence-corrected chi connectivity index (χ3v) is 6.59. The number of hydrogen-bond donors (Lipinski definition) is 2. The molecule has 4 rings (SSSR count). The number of carbonyl (C=O) groups is 3. The number of ether oxygens (including phenoxy) is 3. The molecular formula is C27H33N3O6. The Hall–Kier alpha value is -3.59. The van der Waals surface area contributed by atoms with Gasteiger partial charge in [0, 0.05) is 44.5 Å². The summed E-state index contributed by atoms with van der Waals surface area (Å²) in [7, 11) is 1.62. The second-order valence-electron chi connectivity index (χ2n) is 9.16. The number of hydrogen-bond acceptors (Lipinski definition) is 6. The van der Waals surface area contributed by atoms with Crippen LogP contribution in [0, 0.1) is 12.8 Å². The maximum atomic E-state index is 13.1. The molecule has 2 aliphatic rings. The molecule has 1 fully saturated rings. The lowest BCUT2D eigenvalue weighted by Crippen LogP contribution is -2.54. The summed E-state index contributed by atoms with van der Waals surface area (Å²) in [5, 5.41) is 5.89. The largest absolute Gasteiger partial charge is 0.454 e. The average Bonchev–Trinajstić information content (AvgIpc) is 3.37. The third-order valence-electron chi connectivity index (χ3n) is 6.59. The van der Waals surface area contributed by atoms with Gasteiger partial charge in [-0.3, -0.25) is 14.4 Å². The molecule has 2 aromatic rings. The Morgan fingerprint density at radius 3 is 2.58 bits per heavy atom. The lowest BCUT2D eigenvalue weighted by Gasteiger charge is -2.36. The van der Waals surface area contributed by atoms with Crippen molar-refractivity contribution in [2.24, 2.45) is 5.92 Å². The predicted octanol–water partition coefficient (Wildman–Crippen LogP) is 2.53. The van der Waals surface area contributed by atoms with Gasteiger partial charge in [-0.05, 0) is 62.4 Å². The van der Waals surface area contributed by atoms with Crippen molar-refractivity contribution in [1.82, 2.24) is 15.5 Å². The molecule has 0 spiro atoms. The number of nitrogens with one attached hydrogen (secondary N) is 2. The summed E-state index contributed by atoms with van der Waals surface area (Å²) in [6, 6.07) is 11.8. The first kappa shape index (κ1) is 25.5. The van der Waals surface area contributed by atoms with Crippen molar-refractivity contribution in [3.8, 4) is 11.5 Å². The summed E-state index contributed by atoms with van der Waals surface area (Å²) in [6.45, 7) is 4.06. The van der Waals surface area contributed by atoms with E-state index in [9.17, 15) is 14.4 Å². The minimum atomic E-state index is -0.691. The van der Waals surface area contributed by atoms with Gasteiger partial charge in [0.15, 0.2) is 11.5 Å². The molecule has 2 heterocycles. The Kier molecular flexibility index (Phi) is 8.43. The van der Waals surface area contributed by atoms with Crippen LogP contribution in [0.2, 0.25) is 0 Å². The number of piperidine rings is 1. The number of carbonyl (C=O) groups excluding carboxylic acids is 3. The van der Waals surface area contributed by atoms with Crippen molar-refractivity contribution in [2.45, 2.75) is 32.2 Å². The van der Waals surface area contributed by atoms with E-state index in [-0.39, 0.29) is 30.4 Å². The van der Waals surface area contributed by atoms with Crippen molar-refractivity contribution in [2.75, 3.05) is 40.1 Å². The van der Waals surface area contributed by atoms with E-state index in [4.69, 9.17) is 14.2 Å². The van der Waals surface area contributed by atoms with Gasteiger partial charge in [-0.15, -0.1) is 0 Å². The number of rotatable bonds is 9. The SMILES string of the molecule is COCCCNC(=O)[C@H](NC(=O)c1cccc(C)c1)C1CCN(C(=O)c2ccc3c(c2)OCO3)CC1. The molecule has 0 bridgehead atoms. The molecule has 0 aliphatic carbocycles. The van der Waals surface area contributed by atoms with Gasteiger partial charge in [-0.2, -0.15) is 0 Å². The van der Waals surface area contributed by atoms with Crippen molar-refractivity contribution in [3.63, 3.8) is 0 Å². The standard InChI is InChI=1S/C27H33N3O6/c1-18-5-3-6-20(15-18)25(31)29-24(26(32)28-11-4-14-34-2)19-9-12-30(13-10-19)27(33)21-7-8-22-23(16-21)36-17-35-22/h3,5-8,15-16,19,24H,4,9-14,17H2,1-2H3,(H,28,32)(H,29,31)/t24-/m1/s1. The molecular weight excluding hydrogens is 462 g/mol. The van der Waals surface area contributed by atoms with Crippen LogP contribution in [0.25, 0.3) is 0 Å². The molecule has 192 valence electrons. The number of likely N-dealkylation sites (tertiary alicyclic amines) is 1. The van der Waals surface area contributed by atoms with Gasteiger partial charge in [0.1, 0.15) is 6.04 Å². The zero-order valence-electron chi connectivity index (χ0n) is 20.7. The zero-order valence-corrected chi connectivity index (χ0v) is 20.7. The van der Waals surface area contributed by atoms with Gasteiger partial charge in [0.25, 0.3) is 11.8 Å². The molecule has 2 aromatic carbocycles. The van der Waals surface area contributed by atoms with Gasteiger partial charge < -0.3 is 29.7 Å². The molecule has 9 nitrogen and oxygen atoms in total. The minimum Gasteiger partial charge on any atom is -0.454 e. The van der Waals surface area contributed by atoms with Gasteiger partial charge >= 0.3 is 0 Å². The molecule has 0 radical (unpaired) electrons. The predicted molar refractivity (Wildman–Crippen MR) is 133 cm³/mol. The summed E-state index contributed by atoms with van der Waals surface area (Å²) in [5.41, 5.74) is 2.03. The van der Waals surface area contributed by atoms with Crippen LogP contribution in [0.15, 0.2) is 42.5 Å². The van der Waals surface area contributed by atoms with Crippen LogP contribution in [0.5, 0.6) is 11.5 Å². The van der Waals surface area contributed by atoms with E-state index in [0.29, 0.717) is 68.1 Å². The number of benzene rings is 2. The highest BCUT2D eigenvalue weighted by atomic mass is 16.7. The summed E-state index contributed by atoms with van der Waals surface area (Å²) in [5.74, 6) is 0.522. The lowest BCUT2D eigenvalue weighted by molar-refractivity contribution is -0.124. The second kappa shape index (κ2) is 11.9. The quantitative estimate of drug-likeness (QED) is 0.518. The highest BCUT2D eigenvalue weighted by molar-refractivity contribution is 5.98. The fourth-order valence-electron chi connectivity index (χ4n) is 4.59. The first-order valence-electron chi connectivity index (χ1n) is 12.3. The third kappa shape index (κ3) is 6.15. The van der Waals surface area contributed by atoms with E-state index in [0.717, 1.165) is 5.56 Å². The van der Waals surface area contributed by atoms with Crippen LogP contribution in [0.4, 0.5) is 0 Å². The second-order valence-corrected chi connectivity index (χ2v) is 9.16. The molecule has 0 aromatic heterocycles. The highest BCUT2D eigenvalue weighted by Crippen LogP contribution is 2.33. The topological polar surface area (TPSA) is 106 Å². The fraction of sp³-hybridized carbons (Fsp3) is 0.444. The number of methoxy groups -OCH3 is 1. The van der Waals surface area contributed by atoms with Gasteiger partial charge in [0.2, 0.25) is 12.7 Å². The van der Waals surface area contributed by atoms with Crippen molar-refractivity contribution < 1.29 is 28.6 Å². The van der Waals surface area contributed by atoms with E-state index in [2.05, 4.69) is 10.6 Å². The van der Waals surface area contributed by atoms with Crippen molar-refractivity contribution in [1.29, 1.82) is 0 Å². The molecule has 1 atom stereocenters. The Morgan fingerprint density at radius 2 is 1.83 bits per heavy atom. The smallest absolute Gasteiger partial charge is 0.253 e. The molecule has 0 unspecified atom stereocenters. The number of amides is 3. The van der Waals surface area contributed by atoms with Crippen LogP contribution in [0.3, 0.4) is 0 Å². The average molecular weight is 496 g/mol. The van der Waals surface area contributed by atoms with Crippen molar-refractivity contribution in [3.05, 3.63) is 59.2 Å². The van der Waals surface area contributed by atoms with Crippen LogP contribution in [-0.4, -0.2) is 68.8 Å². The van der Waals surface area contributed by atoms with E-state index >= 15 is 0 Å². The Morgan fingerprint density at radius 1 is 1.06 bits per heavy atom. The zero-order chi connectivity index (χ0) is 25.5. The molecule has 2 aliphatic heterocycles. The summed E-state index contributed by atoms with van der Waals surface area (Å²) in [4.78, 5) is 41.0. The first-order chi connectivity index (χ1) is 17.5. The summed E-state index contributed by atoms with van der Waals surface area (Å²) >= 11 is 0. The minimum absolute atomic E-state index is 0.0869. The van der Waals surface area contributed by atoms with E-state index in [1.54, 1.807) is 42.3 Å². The highest BCUT2D eigenvalue weighted by Gasteiger charge is 2.34. The maximum Gasteiger partial charge on any atom is 0.253 e. The number of aryl methyl sites for hydroxylation is 1. The number of nitrogens with zero attached hydrogens (tertiary/aromatic N) is 1. The van der Waals surface area contributed by atoms with Crippen molar-refractivity contribution >= 4 is 17.7 Å². The Balaban J connectivity index is 1.41. The maximum absolute atomic E-state index is 13.1. The Labute approximate surface area is 211 Å². The van der Waals surface area contributed by atoms with E-state index in [1.807, 2.05) is 19.1 Å². The Bertz CT molecular complexity index is 1100. The van der Waals surface area contributed by atoms with Gasteiger partial charge in [-0.1, -0.05) is 17.7 Å². The summed E-state index contributed by atoms with van der Waals surface area (Å²) < 4.78 is 15.8. The lowest BCUT2D eigenvalue weighted by atomic mass is 9.88. The van der Waals surface area contributed by atoms with E-state index in [1.165, 1.54) is 0 Å². The molecule has 36 heavy (non-hydrogen) atoms. The van der Waals surface area contributed by atoms with Gasteiger partial charge in [-0.25, -0.2) is 0 Å². The van der Waals surface area contributed by atoms with E-state index < -0.39 is 6.04 Å². The molecule has 3 amide bonds. The first-order valence-corrected chi connectivity index (χ1v) is 12.3. The van der Waals surface area contributed by atoms with Crippen LogP contribution in [-0.2, 0) is 9.53 Å². The van der Waals surface area contributed by atoms with Crippen LogP contribution < -0.4 is 20.1 Å². The summed E-state index contributed by atoms with van der Waals surface area (Å²) in [6.07, 6.45) is 1.88. The van der Waals surface area contributed by atoms with Gasteiger partial charge in [0.05, 0.1) is 0 Å². The van der Waals surface area contributed by atoms with Crippen LogP contribution >= 0.6 is 0 Å². The molecule has 1 saturated heterocycles. The molecule has 9 heteroatoms.